The Kier molecular flexibility index (Phi) is 3.48. The van der Waals surface area contributed by atoms with Gasteiger partial charge in [0.05, 0.1) is 0 Å². The summed E-state index contributed by atoms with van der Waals surface area (Å²) in [6.07, 6.45) is 11.3. The summed E-state index contributed by atoms with van der Waals surface area (Å²) in [6, 6.07) is 0. The minimum Gasteiger partial charge on any atom is -0.396 e. The average Bonchev–Trinajstić information content (AvgIpc) is 2.42. The Morgan fingerprint density at radius 1 is 1.00 bits per heavy atom. The number of rotatable bonds is 5. The van der Waals surface area contributed by atoms with Crippen LogP contribution >= 0.6 is 0 Å². The predicted molar refractivity (Wildman–Crippen MR) is 79.9 cm³/mol. The van der Waals surface area contributed by atoms with Crippen LogP contribution in [-0.2, 0) is 0 Å². The lowest BCUT2D eigenvalue weighted by Gasteiger charge is -2.63. The molecule has 0 amide bonds. The van der Waals surface area contributed by atoms with E-state index < -0.39 is 0 Å². The van der Waals surface area contributed by atoms with E-state index in [0.717, 1.165) is 30.1 Å². The highest BCUT2D eigenvalue weighted by atomic mass is 16.3. The Bertz CT molecular complexity index is 301. The second kappa shape index (κ2) is 4.76. The summed E-state index contributed by atoms with van der Waals surface area (Å²) in [5.74, 6) is 4.07. The number of hydrogen-bond donors (Lipinski definition) is 1. The predicted octanol–water partition coefficient (Wildman–Crippen LogP) is 4.64. The van der Waals surface area contributed by atoms with Gasteiger partial charge in [0, 0.05) is 6.61 Å². The maximum atomic E-state index is 9.85. The first-order valence-corrected chi connectivity index (χ1v) is 8.66. The van der Waals surface area contributed by atoms with Gasteiger partial charge in [0.2, 0.25) is 0 Å². The maximum Gasteiger partial charge on any atom is 0.0484 e. The van der Waals surface area contributed by atoms with Crippen LogP contribution in [0.3, 0.4) is 0 Å². The van der Waals surface area contributed by atoms with Crippen LogP contribution in [0.15, 0.2) is 0 Å². The lowest BCUT2D eigenvalue weighted by molar-refractivity contribution is -0.136. The van der Waals surface area contributed by atoms with E-state index in [1.807, 2.05) is 0 Å². The third kappa shape index (κ3) is 2.07. The molecule has 1 N–H and O–H groups in total. The van der Waals surface area contributed by atoms with Crippen molar-refractivity contribution in [2.24, 2.45) is 34.5 Å². The molecule has 0 saturated heterocycles. The molecule has 0 aromatic carbocycles. The van der Waals surface area contributed by atoms with Crippen molar-refractivity contribution in [2.75, 3.05) is 6.61 Å². The van der Waals surface area contributed by atoms with Gasteiger partial charge in [-0.1, -0.05) is 20.8 Å². The Hall–Kier alpha value is -0.0400. The van der Waals surface area contributed by atoms with E-state index in [0.29, 0.717) is 12.0 Å². The molecule has 0 radical (unpaired) electrons. The molecule has 0 aromatic rings. The van der Waals surface area contributed by atoms with E-state index in [2.05, 4.69) is 20.8 Å². The van der Waals surface area contributed by atoms with Crippen LogP contribution in [0.1, 0.15) is 72.1 Å². The van der Waals surface area contributed by atoms with Gasteiger partial charge in [-0.15, -0.1) is 0 Å². The van der Waals surface area contributed by atoms with Crippen LogP contribution < -0.4 is 0 Å². The Balaban J connectivity index is 1.87. The molecule has 1 heteroatoms. The highest BCUT2D eigenvalue weighted by Gasteiger charge is 2.57. The average molecular weight is 264 g/mol. The van der Waals surface area contributed by atoms with Crippen molar-refractivity contribution in [3.63, 3.8) is 0 Å². The first kappa shape index (κ1) is 13.9. The van der Waals surface area contributed by atoms with Crippen molar-refractivity contribution in [3.05, 3.63) is 0 Å². The van der Waals surface area contributed by atoms with Gasteiger partial charge in [-0.25, -0.2) is 0 Å². The molecule has 1 unspecified atom stereocenters. The molecule has 4 fully saturated rings. The summed E-state index contributed by atoms with van der Waals surface area (Å²) >= 11 is 0. The molecular weight excluding hydrogens is 232 g/mol. The second-order valence-electron chi connectivity index (χ2n) is 8.39. The molecular formula is C18H32O. The summed E-state index contributed by atoms with van der Waals surface area (Å²) in [6.45, 7) is 7.37. The SMILES string of the molecule is CCC(C)(CO)CC1(CC)C2CC3CC(C2)CC1C3. The van der Waals surface area contributed by atoms with E-state index >= 15 is 0 Å². The fraction of sp³-hybridized carbons (Fsp3) is 1.00. The van der Waals surface area contributed by atoms with Crippen LogP contribution in [0, 0.1) is 34.5 Å². The maximum absolute atomic E-state index is 9.85. The minimum atomic E-state index is 0.158. The van der Waals surface area contributed by atoms with Crippen molar-refractivity contribution in [3.8, 4) is 0 Å². The zero-order valence-electron chi connectivity index (χ0n) is 13.1. The molecule has 19 heavy (non-hydrogen) atoms. The van der Waals surface area contributed by atoms with E-state index in [1.54, 1.807) is 0 Å². The summed E-state index contributed by atoms with van der Waals surface area (Å²) < 4.78 is 0. The van der Waals surface area contributed by atoms with Crippen molar-refractivity contribution in [1.82, 2.24) is 0 Å². The first-order chi connectivity index (χ1) is 9.05. The van der Waals surface area contributed by atoms with Crippen LogP contribution in [0.4, 0.5) is 0 Å². The molecule has 4 bridgehead atoms. The van der Waals surface area contributed by atoms with Crippen molar-refractivity contribution in [2.45, 2.75) is 72.1 Å². The third-order valence-electron chi connectivity index (χ3n) is 7.41. The van der Waals surface area contributed by atoms with Gasteiger partial charge in [-0.2, -0.15) is 0 Å². The van der Waals surface area contributed by atoms with Crippen LogP contribution in [0.2, 0.25) is 0 Å². The highest BCUT2D eigenvalue weighted by molar-refractivity contribution is 5.07. The minimum absolute atomic E-state index is 0.158. The smallest absolute Gasteiger partial charge is 0.0484 e. The van der Waals surface area contributed by atoms with E-state index in [-0.39, 0.29) is 5.41 Å². The topological polar surface area (TPSA) is 20.2 Å². The lowest BCUT2D eigenvalue weighted by Crippen LogP contribution is -2.54. The lowest BCUT2D eigenvalue weighted by atomic mass is 9.42. The fourth-order valence-corrected chi connectivity index (χ4v) is 6.20. The number of hydrogen-bond acceptors (Lipinski definition) is 1. The van der Waals surface area contributed by atoms with Crippen molar-refractivity contribution >= 4 is 0 Å². The highest BCUT2D eigenvalue weighted by Crippen LogP contribution is 2.66. The monoisotopic (exact) mass is 264 g/mol. The van der Waals surface area contributed by atoms with Gasteiger partial charge >= 0.3 is 0 Å². The molecule has 4 aliphatic carbocycles. The van der Waals surface area contributed by atoms with E-state index in [9.17, 15) is 5.11 Å². The Morgan fingerprint density at radius 2 is 1.53 bits per heavy atom. The molecule has 1 nitrogen and oxygen atoms in total. The van der Waals surface area contributed by atoms with Crippen LogP contribution in [0.5, 0.6) is 0 Å². The van der Waals surface area contributed by atoms with Gasteiger partial charge in [0.1, 0.15) is 0 Å². The molecule has 110 valence electrons. The summed E-state index contributed by atoms with van der Waals surface area (Å²) in [4.78, 5) is 0. The van der Waals surface area contributed by atoms with Crippen LogP contribution in [-0.4, -0.2) is 11.7 Å². The van der Waals surface area contributed by atoms with Gasteiger partial charge in [-0.3, -0.25) is 0 Å². The Labute approximate surface area is 119 Å². The summed E-state index contributed by atoms with van der Waals surface area (Å²) in [5.41, 5.74) is 0.728. The largest absolute Gasteiger partial charge is 0.396 e. The zero-order chi connectivity index (χ0) is 13.7. The number of aliphatic hydroxyl groups excluding tert-OH is 1. The van der Waals surface area contributed by atoms with Crippen LogP contribution in [0.25, 0.3) is 0 Å². The molecule has 4 rings (SSSR count). The molecule has 0 aliphatic heterocycles. The first-order valence-electron chi connectivity index (χ1n) is 8.66. The van der Waals surface area contributed by atoms with Gasteiger partial charge in [0.25, 0.3) is 0 Å². The molecule has 0 heterocycles. The van der Waals surface area contributed by atoms with Gasteiger partial charge in [0.15, 0.2) is 0 Å². The van der Waals surface area contributed by atoms with Gasteiger partial charge < -0.3 is 5.11 Å². The normalized spacial score (nSPS) is 47.4. The van der Waals surface area contributed by atoms with E-state index in [1.165, 1.54) is 44.9 Å². The van der Waals surface area contributed by atoms with E-state index in [4.69, 9.17) is 0 Å². The van der Waals surface area contributed by atoms with Crippen molar-refractivity contribution < 1.29 is 5.11 Å². The molecule has 4 aliphatic rings. The summed E-state index contributed by atoms with van der Waals surface area (Å²) in [5, 5.41) is 9.85. The number of aliphatic hydroxyl groups is 1. The summed E-state index contributed by atoms with van der Waals surface area (Å²) in [7, 11) is 0. The standard InChI is InChI=1S/C18H32O/c1-4-17(3,12-19)11-18(5-2)15-7-13-6-14(9-15)10-16(18)8-13/h13-16,19H,4-12H2,1-3H3. The quantitative estimate of drug-likeness (QED) is 0.767. The molecule has 0 aromatic heterocycles. The Morgan fingerprint density at radius 3 is 1.89 bits per heavy atom. The second-order valence-corrected chi connectivity index (χ2v) is 8.39. The molecule has 0 spiro atoms. The fourth-order valence-electron chi connectivity index (χ4n) is 6.20. The zero-order valence-corrected chi connectivity index (χ0v) is 13.1. The van der Waals surface area contributed by atoms with Gasteiger partial charge in [-0.05, 0) is 85.9 Å². The third-order valence-corrected chi connectivity index (χ3v) is 7.41. The van der Waals surface area contributed by atoms with Crippen molar-refractivity contribution in [1.29, 1.82) is 0 Å². The molecule has 4 saturated carbocycles. The molecule has 1 atom stereocenters.